The fraction of sp³-hybridized carbons (Fsp3) is 0.500. The minimum Gasteiger partial charge on any atom is -0.494 e. The van der Waals surface area contributed by atoms with Gasteiger partial charge in [0.1, 0.15) is 12.3 Å². The maximum atomic E-state index is 12.2. The SMILES string of the molecule is CCOc1ccc([C@H](C)NC(=O)CN2CCN(CC)C(=O)C2=O)cc1. The normalized spacial score (nSPS) is 16.0. The van der Waals surface area contributed by atoms with Crippen molar-refractivity contribution in [3.05, 3.63) is 29.8 Å². The molecule has 1 atom stereocenters. The van der Waals surface area contributed by atoms with Crippen LogP contribution in [-0.2, 0) is 14.4 Å². The summed E-state index contributed by atoms with van der Waals surface area (Å²) >= 11 is 0. The summed E-state index contributed by atoms with van der Waals surface area (Å²) in [6, 6.07) is 7.29. The molecule has 0 aromatic heterocycles. The summed E-state index contributed by atoms with van der Waals surface area (Å²) in [6.45, 7) is 7.45. The van der Waals surface area contributed by atoms with Gasteiger partial charge in [0.05, 0.1) is 12.6 Å². The van der Waals surface area contributed by atoms with Gasteiger partial charge in [-0.05, 0) is 38.5 Å². The molecule has 1 aliphatic rings. The van der Waals surface area contributed by atoms with Gasteiger partial charge in [-0.3, -0.25) is 14.4 Å². The first-order valence-electron chi connectivity index (χ1n) is 8.56. The number of ether oxygens (including phenoxy) is 1. The van der Waals surface area contributed by atoms with Crippen LogP contribution in [0, 0.1) is 0 Å². The van der Waals surface area contributed by atoms with Crippen LogP contribution in [0.15, 0.2) is 24.3 Å². The Balaban J connectivity index is 1.89. The van der Waals surface area contributed by atoms with Crippen molar-refractivity contribution >= 4 is 17.7 Å². The number of carbonyl (C=O) groups is 3. The van der Waals surface area contributed by atoms with Crippen LogP contribution >= 0.6 is 0 Å². The number of hydrogen-bond acceptors (Lipinski definition) is 4. The monoisotopic (exact) mass is 347 g/mol. The topological polar surface area (TPSA) is 79.0 Å². The summed E-state index contributed by atoms with van der Waals surface area (Å²) < 4.78 is 5.39. The van der Waals surface area contributed by atoms with E-state index in [0.29, 0.717) is 26.2 Å². The van der Waals surface area contributed by atoms with Crippen LogP contribution in [0.3, 0.4) is 0 Å². The summed E-state index contributed by atoms with van der Waals surface area (Å²) in [4.78, 5) is 38.9. The van der Waals surface area contributed by atoms with Gasteiger partial charge in [-0.15, -0.1) is 0 Å². The van der Waals surface area contributed by atoms with Crippen molar-refractivity contribution in [1.82, 2.24) is 15.1 Å². The van der Waals surface area contributed by atoms with E-state index in [0.717, 1.165) is 11.3 Å². The Morgan fingerprint density at radius 3 is 2.32 bits per heavy atom. The number of likely N-dealkylation sites (N-methyl/N-ethyl adjacent to an activating group) is 1. The highest BCUT2D eigenvalue weighted by molar-refractivity contribution is 6.35. The van der Waals surface area contributed by atoms with Crippen molar-refractivity contribution in [2.45, 2.75) is 26.8 Å². The summed E-state index contributed by atoms with van der Waals surface area (Å²) in [5.41, 5.74) is 0.940. The molecule has 1 N–H and O–H groups in total. The Kier molecular flexibility index (Phi) is 6.38. The van der Waals surface area contributed by atoms with Crippen LogP contribution in [0.4, 0.5) is 0 Å². The third kappa shape index (κ3) is 4.71. The van der Waals surface area contributed by atoms with E-state index in [1.165, 1.54) is 9.80 Å². The number of piperazine rings is 1. The Hall–Kier alpha value is -2.57. The summed E-state index contributed by atoms with van der Waals surface area (Å²) in [5, 5.41) is 2.86. The molecule has 1 aromatic carbocycles. The van der Waals surface area contributed by atoms with Crippen molar-refractivity contribution < 1.29 is 19.1 Å². The lowest BCUT2D eigenvalue weighted by atomic mass is 10.1. The molecule has 0 bridgehead atoms. The van der Waals surface area contributed by atoms with E-state index in [1.807, 2.05) is 45.0 Å². The number of nitrogens with zero attached hydrogens (tertiary/aromatic N) is 2. The minimum absolute atomic E-state index is 0.108. The first-order chi connectivity index (χ1) is 12.0. The van der Waals surface area contributed by atoms with Crippen LogP contribution in [0.1, 0.15) is 32.4 Å². The molecule has 0 aliphatic carbocycles. The third-order valence-corrected chi connectivity index (χ3v) is 4.18. The molecule has 136 valence electrons. The van der Waals surface area contributed by atoms with Gasteiger partial charge in [-0.25, -0.2) is 0 Å². The van der Waals surface area contributed by atoms with Gasteiger partial charge in [0, 0.05) is 19.6 Å². The first kappa shape index (κ1) is 18.8. The smallest absolute Gasteiger partial charge is 0.312 e. The molecule has 1 saturated heterocycles. The van der Waals surface area contributed by atoms with Crippen molar-refractivity contribution in [1.29, 1.82) is 0 Å². The summed E-state index contributed by atoms with van der Waals surface area (Å²) in [5.74, 6) is -0.659. The molecule has 7 heteroatoms. The number of amides is 3. The highest BCUT2D eigenvalue weighted by Crippen LogP contribution is 2.17. The van der Waals surface area contributed by atoms with Crippen LogP contribution < -0.4 is 10.1 Å². The molecule has 1 fully saturated rings. The van der Waals surface area contributed by atoms with Crippen molar-refractivity contribution in [2.75, 3.05) is 32.8 Å². The maximum absolute atomic E-state index is 12.2. The van der Waals surface area contributed by atoms with Crippen LogP contribution in [0.2, 0.25) is 0 Å². The van der Waals surface area contributed by atoms with Gasteiger partial charge < -0.3 is 19.9 Å². The molecule has 0 unspecified atom stereocenters. The molecule has 1 heterocycles. The van der Waals surface area contributed by atoms with E-state index in [4.69, 9.17) is 4.74 Å². The number of hydrogen-bond donors (Lipinski definition) is 1. The predicted octanol–water partition coefficient (Wildman–Crippen LogP) is 0.953. The van der Waals surface area contributed by atoms with E-state index < -0.39 is 11.8 Å². The Labute approximate surface area is 147 Å². The van der Waals surface area contributed by atoms with E-state index in [9.17, 15) is 14.4 Å². The van der Waals surface area contributed by atoms with E-state index in [1.54, 1.807) is 0 Å². The van der Waals surface area contributed by atoms with Crippen molar-refractivity contribution in [3.63, 3.8) is 0 Å². The van der Waals surface area contributed by atoms with Gasteiger partial charge in [-0.1, -0.05) is 12.1 Å². The lowest BCUT2D eigenvalue weighted by molar-refractivity contribution is -0.156. The second-order valence-corrected chi connectivity index (χ2v) is 5.90. The Morgan fingerprint density at radius 2 is 1.72 bits per heavy atom. The van der Waals surface area contributed by atoms with Crippen LogP contribution in [-0.4, -0.2) is 60.3 Å². The number of rotatable bonds is 7. The molecule has 0 spiro atoms. The fourth-order valence-corrected chi connectivity index (χ4v) is 2.73. The van der Waals surface area contributed by atoms with Gasteiger partial charge in [-0.2, -0.15) is 0 Å². The van der Waals surface area contributed by atoms with Gasteiger partial charge in [0.15, 0.2) is 0 Å². The largest absolute Gasteiger partial charge is 0.494 e. The Bertz CT molecular complexity index is 630. The summed E-state index contributed by atoms with van der Waals surface area (Å²) in [7, 11) is 0. The predicted molar refractivity (Wildman–Crippen MR) is 93.0 cm³/mol. The van der Waals surface area contributed by atoms with E-state index in [2.05, 4.69) is 5.32 Å². The Morgan fingerprint density at radius 1 is 1.12 bits per heavy atom. The average molecular weight is 347 g/mol. The third-order valence-electron chi connectivity index (χ3n) is 4.18. The van der Waals surface area contributed by atoms with E-state index >= 15 is 0 Å². The van der Waals surface area contributed by atoms with Crippen molar-refractivity contribution in [2.24, 2.45) is 0 Å². The summed E-state index contributed by atoms with van der Waals surface area (Å²) in [6.07, 6.45) is 0. The van der Waals surface area contributed by atoms with Crippen LogP contribution in [0.5, 0.6) is 5.75 Å². The number of nitrogens with one attached hydrogen (secondary N) is 1. The van der Waals surface area contributed by atoms with Gasteiger partial charge >= 0.3 is 11.8 Å². The zero-order chi connectivity index (χ0) is 18.4. The highest BCUT2D eigenvalue weighted by Gasteiger charge is 2.32. The van der Waals surface area contributed by atoms with Gasteiger partial charge in [0.2, 0.25) is 5.91 Å². The molecule has 1 aliphatic heterocycles. The molecule has 7 nitrogen and oxygen atoms in total. The lowest BCUT2D eigenvalue weighted by Crippen LogP contribution is -2.56. The van der Waals surface area contributed by atoms with Gasteiger partial charge in [0.25, 0.3) is 0 Å². The highest BCUT2D eigenvalue weighted by atomic mass is 16.5. The molecule has 3 amide bonds. The molecule has 2 rings (SSSR count). The first-order valence-corrected chi connectivity index (χ1v) is 8.56. The average Bonchev–Trinajstić information content (AvgIpc) is 2.60. The second kappa shape index (κ2) is 8.50. The van der Waals surface area contributed by atoms with Crippen LogP contribution in [0.25, 0.3) is 0 Å². The molecule has 0 saturated carbocycles. The molecule has 1 aromatic rings. The fourth-order valence-electron chi connectivity index (χ4n) is 2.73. The standard InChI is InChI=1S/C18H25N3O4/c1-4-20-10-11-21(18(24)17(20)23)12-16(22)19-13(3)14-6-8-15(9-7-14)25-5-2/h6-9,13H,4-5,10-12H2,1-3H3,(H,19,22)/t13-/m0/s1. The molecular formula is C18H25N3O4. The minimum atomic E-state index is -0.614. The molecular weight excluding hydrogens is 322 g/mol. The number of benzene rings is 1. The molecule has 0 radical (unpaired) electrons. The zero-order valence-electron chi connectivity index (χ0n) is 14.9. The maximum Gasteiger partial charge on any atom is 0.312 e. The van der Waals surface area contributed by atoms with E-state index in [-0.39, 0.29) is 18.5 Å². The number of carbonyl (C=O) groups excluding carboxylic acids is 3. The van der Waals surface area contributed by atoms with Crippen molar-refractivity contribution in [3.8, 4) is 5.75 Å². The quantitative estimate of drug-likeness (QED) is 0.745. The second-order valence-electron chi connectivity index (χ2n) is 5.90. The molecule has 25 heavy (non-hydrogen) atoms. The zero-order valence-corrected chi connectivity index (χ0v) is 14.9. The lowest BCUT2D eigenvalue weighted by Gasteiger charge is -2.32.